The van der Waals surface area contributed by atoms with Gasteiger partial charge in [0.25, 0.3) is 0 Å². The molecule has 0 amide bonds. The van der Waals surface area contributed by atoms with Gasteiger partial charge in [-0.05, 0) is 37.1 Å². The van der Waals surface area contributed by atoms with E-state index < -0.39 is 0 Å². The summed E-state index contributed by atoms with van der Waals surface area (Å²) in [6.07, 6.45) is 2.11. The Hall–Kier alpha value is -1.02. The van der Waals surface area contributed by atoms with Crippen molar-refractivity contribution < 1.29 is 0 Å². The van der Waals surface area contributed by atoms with Crippen LogP contribution in [0.15, 0.2) is 24.3 Å². The first-order valence-electron chi connectivity index (χ1n) is 4.89. The van der Waals surface area contributed by atoms with E-state index in [9.17, 15) is 0 Å². The highest BCUT2D eigenvalue weighted by Gasteiger charge is 1.92. The molecule has 0 aromatic heterocycles. The Labute approximate surface area is 80.1 Å². The summed E-state index contributed by atoms with van der Waals surface area (Å²) in [5.41, 5.74) is 7.98. The third-order valence-corrected chi connectivity index (χ3v) is 2.05. The highest BCUT2D eigenvalue weighted by molar-refractivity contribution is 5.45. The van der Waals surface area contributed by atoms with Crippen LogP contribution >= 0.6 is 0 Å². The van der Waals surface area contributed by atoms with E-state index in [1.54, 1.807) is 0 Å². The van der Waals surface area contributed by atoms with E-state index in [1.807, 2.05) is 0 Å². The van der Waals surface area contributed by atoms with Gasteiger partial charge in [0.1, 0.15) is 0 Å². The topological polar surface area (TPSA) is 38.0 Å². The Morgan fingerprint density at radius 3 is 2.92 bits per heavy atom. The zero-order valence-electron chi connectivity index (χ0n) is 8.22. The molecule has 0 saturated heterocycles. The van der Waals surface area contributed by atoms with E-state index >= 15 is 0 Å². The molecular weight excluding hydrogens is 160 g/mol. The van der Waals surface area contributed by atoms with E-state index in [1.165, 1.54) is 11.3 Å². The van der Waals surface area contributed by atoms with E-state index in [0.717, 1.165) is 25.9 Å². The van der Waals surface area contributed by atoms with E-state index in [4.69, 9.17) is 5.73 Å². The number of rotatable bonds is 5. The lowest BCUT2D eigenvalue weighted by molar-refractivity contribution is 0.874. The molecule has 0 radical (unpaired) electrons. The molecule has 0 unspecified atom stereocenters. The number of hydrogen-bond donors (Lipinski definition) is 2. The maximum Gasteiger partial charge on any atom is 0.0342 e. The summed E-state index contributed by atoms with van der Waals surface area (Å²) in [6.45, 7) is 3.88. The summed E-state index contributed by atoms with van der Waals surface area (Å²) in [5, 5.41) is 3.34. The molecule has 0 spiro atoms. The molecule has 2 nitrogen and oxygen atoms in total. The smallest absolute Gasteiger partial charge is 0.0342 e. The molecule has 13 heavy (non-hydrogen) atoms. The minimum absolute atomic E-state index is 0.750. The molecule has 2 heteroatoms. The highest BCUT2D eigenvalue weighted by Crippen LogP contribution is 2.10. The van der Waals surface area contributed by atoms with Crippen molar-refractivity contribution in [3.8, 4) is 0 Å². The SMILES string of the molecule is CCc1cccc(NCCCN)c1. The second kappa shape index (κ2) is 5.60. The molecule has 1 aromatic carbocycles. The van der Waals surface area contributed by atoms with Crippen molar-refractivity contribution in [2.24, 2.45) is 5.73 Å². The van der Waals surface area contributed by atoms with Gasteiger partial charge in [0.2, 0.25) is 0 Å². The van der Waals surface area contributed by atoms with Crippen molar-refractivity contribution in [1.82, 2.24) is 0 Å². The van der Waals surface area contributed by atoms with Crippen LogP contribution in [0, 0.1) is 0 Å². The fraction of sp³-hybridized carbons (Fsp3) is 0.455. The quantitative estimate of drug-likeness (QED) is 0.677. The van der Waals surface area contributed by atoms with Crippen LogP contribution in [0.4, 0.5) is 5.69 Å². The van der Waals surface area contributed by atoms with E-state index in [2.05, 4.69) is 36.5 Å². The van der Waals surface area contributed by atoms with Crippen LogP contribution in [0.5, 0.6) is 0 Å². The Bertz CT molecular complexity index is 246. The summed E-state index contributed by atoms with van der Waals surface area (Å²) >= 11 is 0. The Balaban J connectivity index is 2.46. The van der Waals surface area contributed by atoms with Crippen molar-refractivity contribution in [3.05, 3.63) is 29.8 Å². The average molecular weight is 178 g/mol. The first kappa shape index (κ1) is 10.1. The Morgan fingerprint density at radius 1 is 1.38 bits per heavy atom. The molecule has 0 aliphatic rings. The van der Waals surface area contributed by atoms with Gasteiger partial charge in [0, 0.05) is 12.2 Å². The van der Waals surface area contributed by atoms with Crippen molar-refractivity contribution >= 4 is 5.69 Å². The standard InChI is InChI=1S/C11H18N2/c1-2-10-5-3-6-11(9-10)13-8-4-7-12/h3,5-6,9,13H,2,4,7-8,12H2,1H3. The third kappa shape index (κ3) is 3.47. The van der Waals surface area contributed by atoms with Gasteiger partial charge >= 0.3 is 0 Å². The zero-order valence-corrected chi connectivity index (χ0v) is 8.22. The predicted molar refractivity (Wildman–Crippen MR) is 58.0 cm³/mol. The maximum atomic E-state index is 5.41. The average Bonchev–Trinajstić information content (AvgIpc) is 2.19. The van der Waals surface area contributed by atoms with Crippen LogP contribution in [0.2, 0.25) is 0 Å². The molecule has 0 heterocycles. The molecule has 1 aromatic rings. The van der Waals surface area contributed by atoms with Gasteiger partial charge in [-0.25, -0.2) is 0 Å². The van der Waals surface area contributed by atoms with Crippen LogP contribution in [0.3, 0.4) is 0 Å². The summed E-state index contributed by atoms with van der Waals surface area (Å²) < 4.78 is 0. The molecule has 1 rings (SSSR count). The predicted octanol–water partition coefficient (Wildman–Crippen LogP) is 2.01. The van der Waals surface area contributed by atoms with Gasteiger partial charge in [0.05, 0.1) is 0 Å². The van der Waals surface area contributed by atoms with Crippen molar-refractivity contribution in [2.45, 2.75) is 19.8 Å². The van der Waals surface area contributed by atoms with E-state index in [-0.39, 0.29) is 0 Å². The molecule has 0 aliphatic heterocycles. The lowest BCUT2D eigenvalue weighted by Crippen LogP contribution is -2.08. The molecule has 3 N–H and O–H groups in total. The molecule has 0 fully saturated rings. The maximum absolute atomic E-state index is 5.41. The Morgan fingerprint density at radius 2 is 2.23 bits per heavy atom. The van der Waals surface area contributed by atoms with Gasteiger partial charge in [0.15, 0.2) is 0 Å². The monoisotopic (exact) mass is 178 g/mol. The number of nitrogens with one attached hydrogen (secondary N) is 1. The first-order valence-corrected chi connectivity index (χ1v) is 4.89. The van der Waals surface area contributed by atoms with Crippen molar-refractivity contribution in [3.63, 3.8) is 0 Å². The lowest BCUT2D eigenvalue weighted by atomic mass is 10.1. The normalized spacial score (nSPS) is 10.0. The minimum Gasteiger partial charge on any atom is -0.385 e. The molecule has 0 bridgehead atoms. The minimum atomic E-state index is 0.750. The van der Waals surface area contributed by atoms with Crippen LogP contribution in [-0.4, -0.2) is 13.1 Å². The van der Waals surface area contributed by atoms with Gasteiger partial charge in [-0.1, -0.05) is 19.1 Å². The Kier molecular flexibility index (Phi) is 4.33. The van der Waals surface area contributed by atoms with Gasteiger partial charge in [-0.3, -0.25) is 0 Å². The number of anilines is 1. The summed E-state index contributed by atoms with van der Waals surface area (Å²) in [5.74, 6) is 0. The molecule has 72 valence electrons. The summed E-state index contributed by atoms with van der Waals surface area (Å²) in [4.78, 5) is 0. The van der Waals surface area contributed by atoms with Crippen LogP contribution in [0.1, 0.15) is 18.9 Å². The fourth-order valence-corrected chi connectivity index (χ4v) is 1.24. The number of hydrogen-bond acceptors (Lipinski definition) is 2. The highest BCUT2D eigenvalue weighted by atomic mass is 14.9. The van der Waals surface area contributed by atoms with Gasteiger partial charge < -0.3 is 11.1 Å². The van der Waals surface area contributed by atoms with Gasteiger partial charge in [-0.2, -0.15) is 0 Å². The summed E-state index contributed by atoms with van der Waals surface area (Å²) in [6, 6.07) is 8.52. The summed E-state index contributed by atoms with van der Waals surface area (Å²) in [7, 11) is 0. The van der Waals surface area contributed by atoms with E-state index in [0.29, 0.717) is 0 Å². The van der Waals surface area contributed by atoms with Crippen molar-refractivity contribution in [2.75, 3.05) is 18.4 Å². The second-order valence-corrected chi connectivity index (χ2v) is 3.12. The zero-order chi connectivity index (χ0) is 9.52. The molecule has 0 saturated carbocycles. The largest absolute Gasteiger partial charge is 0.385 e. The van der Waals surface area contributed by atoms with Crippen LogP contribution in [-0.2, 0) is 6.42 Å². The number of aryl methyl sites for hydroxylation is 1. The van der Waals surface area contributed by atoms with Gasteiger partial charge in [-0.15, -0.1) is 0 Å². The molecular formula is C11H18N2. The third-order valence-electron chi connectivity index (χ3n) is 2.05. The molecule has 0 aliphatic carbocycles. The van der Waals surface area contributed by atoms with Crippen LogP contribution < -0.4 is 11.1 Å². The number of benzene rings is 1. The lowest BCUT2D eigenvalue weighted by Gasteiger charge is -2.06. The second-order valence-electron chi connectivity index (χ2n) is 3.12. The first-order chi connectivity index (χ1) is 6.36. The molecule has 0 atom stereocenters. The van der Waals surface area contributed by atoms with Crippen LogP contribution in [0.25, 0.3) is 0 Å². The number of nitrogens with two attached hydrogens (primary N) is 1. The van der Waals surface area contributed by atoms with Crippen molar-refractivity contribution in [1.29, 1.82) is 0 Å². The fourth-order valence-electron chi connectivity index (χ4n) is 1.24.